The predicted molar refractivity (Wildman–Crippen MR) is 82.7 cm³/mol. The summed E-state index contributed by atoms with van der Waals surface area (Å²) >= 11 is 5.47. The van der Waals surface area contributed by atoms with Gasteiger partial charge < -0.3 is 16.0 Å². The number of likely N-dealkylation sites (tertiary alicyclic amines) is 1. The lowest BCUT2D eigenvalue weighted by Gasteiger charge is -2.35. The maximum Gasteiger partial charge on any atom is 0.168 e. The summed E-state index contributed by atoms with van der Waals surface area (Å²) in [5, 5.41) is 4.33. The van der Waals surface area contributed by atoms with Gasteiger partial charge in [0, 0.05) is 25.2 Å². The van der Waals surface area contributed by atoms with Crippen molar-refractivity contribution in [3.05, 3.63) is 0 Å². The Morgan fingerprint density at radius 3 is 2.22 bits per heavy atom. The number of piperidine rings is 1. The molecule has 18 heavy (non-hydrogen) atoms. The summed E-state index contributed by atoms with van der Waals surface area (Å²) < 4.78 is 0. The molecular weight excluding hydrogens is 242 g/mol. The summed E-state index contributed by atoms with van der Waals surface area (Å²) in [6, 6.07) is 0. The minimum atomic E-state index is -0.127. The number of thiocarbonyl (C=S) groups is 1. The summed E-state index contributed by atoms with van der Waals surface area (Å²) in [7, 11) is 0. The lowest BCUT2D eigenvalue weighted by molar-refractivity contribution is 0.254. The predicted octanol–water partition coefficient (Wildman–Crippen LogP) is 2.50. The van der Waals surface area contributed by atoms with Crippen molar-refractivity contribution in [3.8, 4) is 0 Å². The van der Waals surface area contributed by atoms with Crippen LogP contribution in [0, 0.1) is 5.41 Å². The van der Waals surface area contributed by atoms with Crippen molar-refractivity contribution >= 4 is 17.3 Å². The van der Waals surface area contributed by atoms with Crippen molar-refractivity contribution in [2.24, 2.45) is 11.1 Å². The molecule has 1 aliphatic heterocycles. The molecule has 1 aliphatic rings. The first kappa shape index (κ1) is 15.7. The third kappa shape index (κ3) is 6.01. The van der Waals surface area contributed by atoms with Crippen LogP contribution in [0.5, 0.6) is 0 Å². The molecule has 1 saturated heterocycles. The fourth-order valence-electron chi connectivity index (χ4n) is 2.82. The summed E-state index contributed by atoms with van der Waals surface area (Å²) in [5.41, 5.74) is 6.14. The number of rotatable bonds is 4. The molecule has 0 unspecified atom stereocenters. The molecule has 3 nitrogen and oxygen atoms in total. The molecule has 0 aromatic carbocycles. The molecule has 0 aliphatic carbocycles. The molecule has 0 atom stereocenters. The van der Waals surface area contributed by atoms with Crippen LogP contribution in [-0.4, -0.2) is 35.2 Å². The number of hydrogen-bond acceptors (Lipinski definition) is 2. The summed E-state index contributed by atoms with van der Waals surface area (Å²) in [6.45, 7) is 11.8. The molecule has 0 aromatic rings. The lowest BCUT2D eigenvalue weighted by atomic mass is 9.80. The van der Waals surface area contributed by atoms with Gasteiger partial charge in [0.05, 0.1) is 0 Å². The number of nitrogens with two attached hydrogens (primary N) is 1. The Labute approximate surface area is 117 Å². The number of nitrogens with zero attached hydrogens (tertiary/aromatic N) is 1. The van der Waals surface area contributed by atoms with Crippen LogP contribution in [0.15, 0.2) is 0 Å². The second-order valence-corrected chi connectivity index (χ2v) is 7.42. The minimum absolute atomic E-state index is 0.127. The molecule has 0 amide bonds. The lowest BCUT2D eigenvalue weighted by Crippen LogP contribution is -2.47. The Bertz CT molecular complexity index is 275. The maximum absolute atomic E-state index is 6.10. The van der Waals surface area contributed by atoms with Crippen LogP contribution < -0.4 is 11.1 Å². The van der Waals surface area contributed by atoms with Gasteiger partial charge in [-0.2, -0.15) is 0 Å². The van der Waals surface area contributed by atoms with E-state index in [4.69, 9.17) is 18.0 Å². The van der Waals surface area contributed by atoms with Gasteiger partial charge in [-0.1, -0.05) is 13.8 Å². The minimum Gasteiger partial charge on any atom is -0.362 e. The van der Waals surface area contributed by atoms with E-state index in [9.17, 15) is 0 Å². The normalized spacial score (nSPS) is 17.7. The van der Waals surface area contributed by atoms with Crippen molar-refractivity contribution in [3.63, 3.8) is 0 Å². The highest BCUT2D eigenvalue weighted by molar-refractivity contribution is 7.80. The SMILES string of the molecule is CC(C)(N)CC(C)(C)CNC(=S)N1CCCCC1. The topological polar surface area (TPSA) is 41.3 Å². The van der Waals surface area contributed by atoms with Crippen LogP contribution in [0.2, 0.25) is 0 Å². The van der Waals surface area contributed by atoms with Crippen molar-refractivity contribution in [1.82, 2.24) is 10.2 Å². The molecular formula is C14H29N3S. The molecule has 4 heteroatoms. The van der Waals surface area contributed by atoms with Crippen molar-refractivity contribution in [2.45, 2.75) is 58.9 Å². The van der Waals surface area contributed by atoms with E-state index >= 15 is 0 Å². The Hall–Kier alpha value is -0.350. The highest BCUT2D eigenvalue weighted by Crippen LogP contribution is 2.25. The quantitative estimate of drug-likeness (QED) is 0.771. The smallest absolute Gasteiger partial charge is 0.168 e. The van der Waals surface area contributed by atoms with Crippen LogP contribution in [-0.2, 0) is 0 Å². The highest BCUT2D eigenvalue weighted by atomic mass is 32.1. The largest absolute Gasteiger partial charge is 0.362 e. The van der Waals surface area contributed by atoms with E-state index in [-0.39, 0.29) is 11.0 Å². The Balaban J connectivity index is 2.36. The molecule has 0 spiro atoms. The molecule has 0 aromatic heterocycles. The zero-order valence-electron chi connectivity index (χ0n) is 12.4. The zero-order valence-corrected chi connectivity index (χ0v) is 13.2. The fraction of sp³-hybridized carbons (Fsp3) is 0.929. The molecule has 3 N–H and O–H groups in total. The van der Waals surface area contributed by atoms with Crippen LogP contribution in [0.25, 0.3) is 0 Å². The standard InChI is InChI=1S/C14H29N3S/c1-13(2,10-14(3,4)15)11-16-12(18)17-8-6-5-7-9-17/h5-11,15H2,1-4H3,(H,16,18). The van der Waals surface area contributed by atoms with E-state index in [2.05, 4.69) is 37.9 Å². The molecule has 106 valence electrons. The zero-order chi connectivity index (χ0) is 13.8. The van der Waals surface area contributed by atoms with Gasteiger partial charge in [-0.05, 0) is 57.2 Å². The van der Waals surface area contributed by atoms with Gasteiger partial charge in [-0.15, -0.1) is 0 Å². The summed E-state index contributed by atoms with van der Waals surface area (Å²) in [5.74, 6) is 0. The molecule has 1 fully saturated rings. The van der Waals surface area contributed by atoms with Gasteiger partial charge in [-0.3, -0.25) is 0 Å². The van der Waals surface area contributed by atoms with E-state index in [0.717, 1.165) is 31.2 Å². The van der Waals surface area contributed by atoms with E-state index in [1.165, 1.54) is 19.3 Å². The number of hydrogen-bond donors (Lipinski definition) is 2. The summed E-state index contributed by atoms with van der Waals surface area (Å²) in [6.07, 6.45) is 4.85. The Morgan fingerprint density at radius 2 is 1.72 bits per heavy atom. The van der Waals surface area contributed by atoms with Crippen LogP contribution in [0.3, 0.4) is 0 Å². The van der Waals surface area contributed by atoms with Crippen molar-refractivity contribution < 1.29 is 0 Å². The monoisotopic (exact) mass is 271 g/mol. The van der Waals surface area contributed by atoms with Gasteiger partial charge in [-0.25, -0.2) is 0 Å². The number of nitrogens with one attached hydrogen (secondary N) is 1. The van der Waals surface area contributed by atoms with Crippen LogP contribution in [0.4, 0.5) is 0 Å². The highest BCUT2D eigenvalue weighted by Gasteiger charge is 2.26. The first-order chi connectivity index (χ1) is 8.20. The van der Waals surface area contributed by atoms with Crippen molar-refractivity contribution in [2.75, 3.05) is 19.6 Å². The molecule has 0 radical (unpaired) electrons. The average molecular weight is 271 g/mol. The van der Waals surface area contributed by atoms with E-state index < -0.39 is 0 Å². The molecule has 1 rings (SSSR count). The van der Waals surface area contributed by atoms with Gasteiger partial charge in [0.15, 0.2) is 5.11 Å². The molecule has 0 bridgehead atoms. The average Bonchev–Trinajstić information content (AvgIpc) is 2.24. The third-order valence-corrected chi connectivity index (χ3v) is 3.70. The first-order valence-electron chi connectivity index (χ1n) is 7.01. The first-order valence-corrected chi connectivity index (χ1v) is 7.42. The van der Waals surface area contributed by atoms with E-state index in [1.54, 1.807) is 0 Å². The molecule has 0 saturated carbocycles. The van der Waals surface area contributed by atoms with Gasteiger partial charge in [0.25, 0.3) is 0 Å². The maximum atomic E-state index is 6.10. The van der Waals surface area contributed by atoms with Crippen LogP contribution in [0.1, 0.15) is 53.4 Å². The van der Waals surface area contributed by atoms with Crippen LogP contribution >= 0.6 is 12.2 Å². The van der Waals surface area contributed by atoms with E-state index in [0.29, 0.717) is 0 Å². The summed E-state index contributed by atoms with van der Waals surface area (Å²) in [4.78, 5) is 2.29. The second kappa shape index (κ2) is 6.20. The Kier molecular flexibility index (Phi) is 5.41. The van der Waals surface area contributed by atoms with Gasteiger partial charge in [0.2, 0.25) is 0 Å². The molecule has 1 heterocycles. The second-order valence-electron chi connectivity index (χ2n) is 7.04. The Morgan fingerprint density at radius 1 is 1.17 bits per heavy atom. The van der Waals surface area contributed by atoms with Crippen molar-refractivity contribution in [1.29, 1.82) is 0 Å². The van der Waals surface area contributed by atoms with Gasteiger partial charge in [0.1, 0.15) is 0 Å². The van der Waals surface area contributed by atoms with Gasteiger partial charge >= 0.3 is 0 Å². The van der Waals surface area contributed by atoms with E-state index in [1.807, 2.05) is 0 Å². The fourth-order valence-corrected chi connectivity index (χ4v) is 3.07. The third-order valence-electron chi connectivity index (χ3n) is 3.30.